The van der Waals surface area contributed by atoms with Gasteiger partial charge in [0.1, 0.15) is 5.75 Å². The topological polar surface area (TPSA) is 75.6 Å². The number of nitrogens with one attached hydrogen (secondary N) is 1. The van der Waals surface area contributed by atoms with Crippen LogP contribution >= 0.6 is 0 Å². The number of rotatable bonds is 8. The molecule has 0 aliphatic heterocycles. The van der Waals surface area contributed by atoms with E-state index in [1.807, 2.05) is 57.2 Å². The Hall–Kier alpha value is -2.56. The van der Waals surface area contributed by atoms with Gasteiger partial charge >= 0.3 is 5.97 Å². The molecule has 0 heterocycles. The zero-order chi connectivity index (χ0) is 19.3. The van der Waals surface area contributed by atoms with Crippen LogP contribution in [0.1, 0.15) is 51.5 Å². The van der Waals surface area contributed by atoms with E-state index in [4.69, 9.17) is 4.74 Å². The molecule has 26 heavy (non-hydrogen) atoms. The first-order valence-corrected chi connectivity index (χ1v) is 8.95. The first-order chi connectivity index (χ1) is 12.3. The highest BCUT2D eigenvalue weighted by Gasteiger charge is 2.32. The van der Waals surface area contributed by atoms with Gasteiger partial charge in [-0.25, -0.2) is 0 Å². The van der Waals surface area contributed by atoms with Crippen molar-refractivity contribution in [3.05, 3.63) is 42.0 Å². The van der Waals surface area contributed by atoms with Crippen molar-refractivity contribution in [1.82, 2.24) is 5.32 Å². The van der Waals surface area contributed by atoms with Crippen LogP contribution in [0.15, 0.2) is 36.4 Å². The number of carbonyl (C=O) groups excluding carboxylic acids is 1. The third-order valence-corrected chi connectivity index (χ3v) is 5.20. The molecule has 0 saturated carbocycles. The van der Waals surface area contributed by atoms with E-state index in [1.54, 1.807) is 7.11 Å². The monoisotopic (exact) mass is 357 g/mol. The van der Waals surface area contributed by atoms with Crippen molar-refractivity contribution >= 4 is 22.6 Å². The van der Waals surface area contributed by atoms with Crippen LogP contribution in [0.25, 0.3) is 10.8 Å². The van der Waals surface area contributed by atoms with Crippen molar-refractivity contribution in [2.45, 2.75) is 51.5 Å². The van der Waals surface area contributed by atoms with Gasteiger partial charge in [0.2, 0.25) is 5.91 Å². The molecule has 2 aromatic carbocycles. The molecule has 5 heteroatoms. The van der Waals surface area contributed by atoms with Gasteiger partial charge < -0.3 is 15.2 Å². The molecule has 0 saturated heterocycles. The van der Waals surface area contributed by atoms with Crippen LogP contribution in [0.2, 0.25) is 0 Å². The van der Waals surface area contributed by atoms with Gasteiger partial charge in [-0.2, -0.15) is 0 Å². The van der Waals surface area contributed by atoms with E-state index in [9.17, 15) is 14.7 Å². The Bertz CT molecular complexity index is 796. The summed E-state index contributed by atoms with van der Waals surface area (Å²) >= 11 is 0. The first kappa shape index (κ1) is 19.8. The Balaban J connectivity index is 2.23. The number of carbonyl (C=O) groups is 2. The van der Waals surface area contributed by atoms with Gasteiger partial charge in [0.25, 0.3) is 0 Å². The van der Waals surface area contributed by atoms with Crippen molar-refractivity contribution in [2.75, 3.05) is 7.11 Å². The third-order valence-electron chi connectivity index (χ3n) is 5.20. The van der Waals surface area contributed by atoms with Crippen molar-refractivity contribution in [3.8, 4) is 5.75 Å². The number of benzene rings is 2. The highest BCUT2D eigenvalue weighted by molar-refractivity contribution is 5.89. The molecule has 2 N–H and O–H groups in total. The molecule has 140 valence electrons. The summed E-state index contributed by atoms with van der Waals surface area (Å²) in [4.78, 5) is 24.0. The van der Waals surface area contributed by atoms with Crippen LogP contribution in [0.4, 0.5) is 0 Å². The van der Waals surface area contributed by atoms with Gasteiger partial charge in [0.15, 0.2) is 0 Å². The molecule has 2 rings (SSSR count). The average Bonchev–Trinajstić information content (AvgIpc) is 2.65. The predicted octanol–water partition coefficient (Wildman–Crippen LogP) is 4.10. The fourth-order valence-electron chi connectivity index (χ4n) is 3.17. The maximum Gasteiger partial charge on any atom is 0.305 e. The van der Waals surface area contributed by atoms with Crippen molar-refractivity contribution in [3.63, 3.8) is 0 Å². The minimum Gasteiger partial charge on any atom is -0.497 e. The van der Waals surface area contributed by atoms with Crippen LogP contribution in [0.5, 0.6) is 5.75 Å². The van der Waals surface area contributed by atoms with E-state index in [2.05, 4.69) is 5.32 Å². The average molecular weight is 357 g/mol. The van der Waals surface area contributed by atoms with Gasteiger partial charge in [-0.15, -0.1) is 0 Å². The highest BCUT2D eigenvalue weighted by Crippen LogP contribution is 2.27. The number of ether oxygens (including phenoxy) is 1. The SMILES string of the molecule is CCC(CC)(CC(=O)O)NC(=O)[C@@H](C)c1ccc2cc(OC)ccc2c1. The van der Waals surface area contributed by atoms with E-state index < -0.39 is 11.5 Å². The molecule has 0 aliphatic rings. The summed E-state index contributed by atoms with van der Waals surface area (Å²) in [5.74, 6) is -0.628. The van der Waals surface area contributed by atoms with Crippen LogP contribution in [0, 0.1) is 0 Å². The molecule has 0 aromatic heterocycles. The number of hydrogen-bond acceptors (Lipinski definition) is 3. The summed E-state index contributed by atoms with van der Waals surface area (Å²) in [6.07, 6.45) is 1.08. The second kappa shape index (κ2) is 8.21. The summed E-state index contributed by atoms with van der Waals surface area (Å²) < 4.78 is 5.24. The van der Waals surface area contributed by atoms with Gasteiger partial charge in [-0.1, -0.05) is 38.1 Å². The Labute approximate surface area is 154 Å². The molecule has 1 atom stereocenters. The van der Waals surface area contributed by atoms with Crippen LogP contribution in [-0.4, -0.2) is 29.6 Å². The molecular weight excluding hydrogens is 330 g/mol. The van der Waals surface area contributed by atoms with Crippen LogP contribution < -0.4 is 10.1 Å². The molecular formula is C21H27NO4. The quantitative estimate of drug-likeness (QED) is 0.746. The Morgan fingerprint density at radius 2 is 1.73 bits per heavy atom. The molecule has 0 spiro atoms. The molecule has 1 amide bonds. The van der Waals surface area contributed by atoms with Crippen molar-refractivity contribution in [1.29, 1.82) is 0 Å². The number of amides is 1. The number of aliphatic carboxylic acids is 1. The number of hydrogen-bond donors (Lipinski definition) is 2. The Morgan fingerprint density at radius 3 is 2.31 bits per heavy atom. The summed E-state index contributed by atoms with van der Waals surface area (Å²) in [6.45, 7) is 5.65. The lowest BCUT2D eigenvalue weighted by Crippen LogP contribution is -2.50. The Kier molecular flexibility index (Phi) is 6.24. The number of carboxylic acid groups (broad SMARTS) is 1. The molecule has 5 nitrogen and oxygen atoms in total. The van der Waals surface area contributed by atoms with E-state index >= 15 is 0 Å². The van der Waals surface area contributed by atoms with E-state index in [-0.39, 0.29) is 18.2 Å². The molecule has 0 aliphatic carbocycles. The molecule has 0 fully saturated rings. The standard InChI is InChI=1S/C21H27NO4/c1-5-21(6-2,13-19(23)24)22-20(25)14(3)15-7-8-17-12-18(26-4)10-9-16(17)11-15/h7-12,14H,5-6,13H2,1-4H3,(H,22,25)(H,23,24)/t14-/m0/s1. The largest absolute Gasteiger partial charge is 0.497 e. The fourth-order valence-corrected chi connectivity index (χ4v) is 3.17. The zero-order valence-electron chi connectivity index (χ0n) is 15.8. The minimum absolute atomic E-state index is 0.0734. The number of carboxylic acids is 1. The molecule has 2 aromatic rings. The van der Waals surface area contributed by atoms with Crippen molar-refractivity contribution in [2.24, 2.45) is 0 Å². The second-order valence-electron chi connectivity index (χ2n) is 6.74. The third kappa shape index (κ3) is 4.34. The van der Waals surface area contributed by atoms with Crippen LogP contribution in [0.3, 0.4) is 0 Å². The van der Waals surface area contributed by atoms with E-state index in [0.717, 1.165) is 22.1 Å². The number of methoxy groups -OCH3 is 1. The van der Waals surface area contributed by atoms with Crippen molar-refractivity contribution < 1.29 is 19.4 Å². The Morgan fingerprint density at radius 1 is 1.12 bits per heavy atom. The first-order valence-electron chi connectivity index (χ1n) is 8.95. The van der Waals surface area contributed by atoms with Gasteiger partial charge in [0.05, 0.1) is 19.4 Å². The maximum absolute atomic E-state index is 12.8. The smallest absolute Gasteiger partial charge is 0.305 e. The van der Waals surface area contributed by atoms with Gasteiger partial charge in [-0.3, -0.25) is 9.59 Å². The summed E-state index contributed by atoms with van der Waals surface area (Å²) in [5, 5.41) is 14.2. The lowest BCUT2D eigenvalue weighted by Gasteiger charge is -2.32. The summed E-state index contributed by atoms with van der Waals surface area (Å²) in [6, 6.07) is 11.7. The second-order valence-corrected chi connectivity index (χ2v) is 6.74. The predicted molar refractivity (Wildman–Crippen MR) is 103 cm³/mol. The molecule has 0 unspecified atom stereocenters. The summed E-state index contributed by atoms with van der Waals surface area (Å²) in [5.41, 5.74) is 0.193. The normalized spacial score (nSPS) is 12.6. The van der Waals surface area contributed by atoms with E-state index in [0.29, 0.717) is 12.8 Å². The summed E-state index contributed by atoms with van der Waals surface area (Å²) in [7, 11) is 1.63. The maximum atomic E-state index is 12.8. The van der Waals surface area contributed by atoms with Gasteiger partial charge in [0, 0.05) is 5.54 Å². The van der Waals surface area contributed by atoms with Gasteiger partial charge in [-0.05, 0) is 48.2 Å². The lowest BCUT2D eigenvalue weighted by atomic mass is 9.87. The number of fused-ring (bicyclic) bond motifs is 1. The molecule has 0 radical (unpaired) electrons. The zero-order valence-corrected chi connectivity index (χ0v) is 15.8. The molecule has 0 bridgehead atoms. The minimum atomic E-state index is -0.902. The fraction of sp³-hybridized carbons (Fsp3) is 0.429. The highest BCUT2D eigenvalue weighted by atomic mass is 16.5. The van der Waals surface area contributed by atoms with Crippen LogP contribution in [-0.2, 0) is 9.59 Å². The lowest BCUT2D eigenvalue weighted by molar-refractivity contribution is -0.139. The van der Waals surface area contributed by atoms with E-state index in [1.165, 1.54) is 0 Å².